The van der Waals surface area contributed by atoms with E-state index in [0.717, 1.165) is 5.69 Å². The summed E-state index contributed by atoms with van der Waals surface area (Å²) in [5.41, 5.74) is 1.26. The van der Waals surface area contributed by atoms with E-state index in [1.54, 1.807) is 28.3 Å². The fourth-order valence-corrected chi connectivity index (χ4v) is 5.51. The van der Waals surface area contributed by atoms with E-state index >= 15 is 0 Å². The molecule has 1 aromatic heterocycles. The normalized spacial score (nSPS) is 21.9. The summed E-state index contributed by atoms with van der Waals surface area (Å²) >= 11 is 0. The van der Waals surface area contributed by atoms with Gasteiger partial charge in [0.1, 0.15) is 0 Å². The van der Waals surface area contributed by atoms with Gasteiger partial charge in [-0.25, -0.2) is 8.42 Å². The van der Waals surface area contributed by atoms with Crippen LogP contribution in [-0.4, -0.2) is 85.3 Å². The lowest BCUT2D eigenvalue weighted by Gasteiger charge is -2.34. The predicted molar refractivity (Wildman–Crippen MR) is 102 cm³/mol. The zero-order chi connectivity index (χ0) is 19.6. The highest BCUT2D eigenvalue weighted by molar-refractivity contribution is 7.91. The molecule has 2 aliphatic heterocycles. The third kappa shape index (κ3) is 4.40. The first-order valence-electron chi connectivity index (χ1n) is 9.27. The van der Waals surface area contributed by atoms with Crippen LogP contribution < -0.4 is 4.90 Å². The molecule has 1 atom stereocenters. The van der Waals surface area contributed by atoms with Gasteiger partial charge < -0.3 is 14.7 Å². The quantitative estimate of drug-likeness (QED) is 0.734. The molecule has 148 valence electrons. The van der Waals surface area contributed by atoms with Gasteiger partial charge in [0.05, 0.1) is 29.0 Å². The van der Waals surface area contributed by atoms with Crippen molar-refractivity contribution in [3.8, 4) is 0 Å². The average Bonchev–Trinajstić information content (AvgIpc) is 3.01. The molecule has 1 aromatic rings. The first-order chi connectivity index (χ1) is 12.8. The van der Waals surface area contributed by atoms with Crippen molar-refractivity contribution in [1.29, 1.82) is 0 Å². The Balaban J connectivity index is 1.73. The fourth-order valence-electron chi connectivity index (χ4n) is 3.78. The molecule has 27 heavy (non-hydrogen) atoms. The molecule has 2 aliphatic rings. The summed E-state index contributed by atoms with van der Waals surface area (Å²) in [7, 11) is -2.98. The zero-order valence-corrected chi connectivity index (χ0v) is 16.6. The summed E-state index contributed by atoms with van der Waals surface area (Å²) in [4.78, 5) is 34.0. The molecule has 9 heteroatoms. The van der Waals surface area contributed by atoms with Gasteiger partial charge in [-0.05, 0) is 19.4 Å². The largest absolute Gasteiger partial charge is 0.367 e. The van der Waals surface area contributed by atoms with E-state index in [4.69, 9.17) is 0 Å². The molecule has 2 amide bonds. The number of pyridine rings is 1. The van der Waals surface area contributed by atoms with Gasteiger partial charge in [-0.2, -0.15) is 0 Å². The van der Waals surface area contributed by atoms with Crippen LogP contribution >= 0.6 is 0 Å². The number of sulfone groups is 1. The molecule has 0 radical (unpaired) electrons. The Kier molecular flexibility index (Phi) is 5.69. The van der Waals surface area contributed by atoms with Crippen LogP contribution in [0.1, 0.15) is 30.6 Å². The Morgan fingerprint density at radius 1 is 1.19 bits per heavy atom. The summed E-state index contributed by atoms with van der Waals surface area (Å²) in [6.07, 6.45) is 3.82. The average molecular weight is 394 g/mol. The lowest BCUT2D eigenvalue weighted by molar-refractivity contribution is -0.130. The van der Waals surface area contributed by atoms with E-state index < -0.39 is 9.84 Å². The Bertz CT molecular complexity index is 818. The van der Waals surface area contributed by atoms with Crippen LogP contribution in [0.15, 0.2) is 18.5 Å². The molecule has 0 bridgehead atoms. The molecule has 1 unspecified atom stereocenters. The van der Waals surface area contributed by atoms with Crippen LogP contribution in [-0.2, 0) is 14.6 Å². The Hall–Kier alpha value is -2.16. The molecular formula is C18H26N4O4S. The van der Waals surface area contributed by atoms with Crippen molar-refractivity contribution in [2.75, 3.05) is 49.1 Å². The maximum atomic E-state index is 12.8. The van der Waals surface area contributed by atoms with E-state index in [-0.39, 0.29) is 29.4 Å². The number of piperazine rings is 1. The van der Waals surface area contributed by atoms with Crippen molar-refractivity contribution in [1.82, 2.24) is 14.8 Å². The van der Waals surface area contributed by atoms with E-state index in [9.17, 15) is 18.0 Å². The van der Waals surface area contributed by atoms with Crippen molar-refractivity contribution >= 4 is 27.3 Å². The predicted octanol–water partition coefficient (Wildman–Crippen LogP) is 0.399. The van der Waals surface area contributed by atoms with Crippen LogP contribution in [0.25, 0.3) is 0 Å². The number of aromatic nitrogens is 1. The van der Waals surface area contributed by atoms with Crippen LogP contribution in [0.2, 0.25) is 0 Å². The van der Waals surface area contributed by atoms with Crippen molar-refractivity contribution in [3.05, 3.63) is 24.0 Å². The second-order valence-corrected chi connectivity index (χ2v) is 9.30. The van der Waals surface area contributed by atoms with E-state index in [1.165, 1.54) is 6.92 Å². The summed E-state index contributed by atoms with van der Waals surface area (Å²) < 4.78 is 23.6. The topological polar surface area (TPSA) is 90.9 Å². The second-order valence-electron chi connectivity index (χ2n) is 7.07. The lowest BCUT2D eigenvalue weighted by Crippen LogP contribution is -2.50. The molecule has 2 fully saturated rings. The first-order valence-corrected chi connectivity index (χ1v) is 11.1. The van der Waals surface area contributed by atoms with Gasteiger partial charge in [-0.15, -0.1) is 0 Å². The Morgan fingerprint density at radius 2 is 1.85 bits per heavy atom. The van der Waals surface area contributed by atoms with E-state index in [0.29, 0.717) is 44.7 Å². The minimum Gasteiger partial charge on any atom is -0.367 e. The van der Waals surface area contributed by atoms with Gasteiger partial charge in [0, 0.05) is 51.9 Å². The molecule has 0 saturated carbocycles. The molecule has 2 saturated heterocycles. The molecule has 0 N–H and O–H groups in total. The minimum absolute atomic E-state index is 0.0240. The lowest BCUT2D eigenvalue weighted by atomic mass is 10.1. The van der Waals surface area contributed by atoms with Crippen molar-refractivity contribution < 1.29 is 18.0 Å². The third-order valence-corrected chi connectivity index (χ3v) is 7.05. The number of carbonyl (C=O) groups is 2. The van der Waals surface area contributed by atoms with Gasteiger partial charge >= 0.3 is 0 Å². The zero-order valence-electron chi connectivity index (χ0n) is 15.8. The smallest absolute Gasteiger partial charge is 0.255 e. The number of hydrogen-bond donors (Lipinski definition) is 0. The van der Waals surface area contributed by atoms with Crippen molar-refractivity contribution in [2.45, 2.75) is 26.3 Å². The summed E-state index contributed by atoms with van der Waals surface area (Å²) in [5.74, 6) is 0.269. The van der Waals surface area contributed by atoms with Crippen LogP contribution in [0.4, 0.5) is 5.69 Å². The van der Waals surface area contributed by atoms with Gasteiger partial charge in [-0.3, -0.25) is 14.6 Å². The number of amides is 2. The highest BCUT2D eigenvalue weighted by atomic mass is 32.2. The fraction of sp³-hybridized carbons (Fsp3) is 0.611. The van der Waals surface area contributed by atoms with Crippen LogP contribution in [0.3, 0.4) is 0 Å². The molecule has 0 spiro atoms. The number of hydrogen-bond acceptors (Lipinski definition) is 6. The number of anilines is 1. The minimum atomic E-state index is -2.98. The standard InChI is InChI=1S/C18H26N4O4S/c1-3-22(16-4-9-27(25,26)13-16)17-10-15(11-19-12-17)18(24)21-7-5-20(6-8-21)14(2)23/h10-12,16H,3-9,13H2,1-2H3. The molecule has 0 aliphatic carbocycles. The molecule has 3 rings (SSSR count). The monoisotopic (exact) mass is 394 g/mol. The number of nitrogens with zero attached hydrogens (tertiary/aromatic N) is 4. The second kappa shape index (κ2) is 7.84. The summed E-state index contributed by atoms with van der Waals surface area (Å²) in [5, 5.41) is 0. The summed E-state index contributed by atoms with van der Waals surface area (Å²) in [6, 6.07) is 1.72. The van der Waals surface area contributed by atoms with Gasteiger partial charge in [0.15, 0.2) is 9.84 Å². The van der Waals surface area contributed by atoms with Crippen molar-refractivity contribution in [3.63, 3.8) is 0 Å². The molecular weight excluding hydrogens is 368 g/mol. The maximum Gasteiger partial charge on any atom is 0.255 e. The van der Waals surface area contributed by atoms with E-state index in [2.05, 4.69) is 4.98 Å². The number of carbonyl (C=O) groups excluding carboxylic acids is 2. The highest BCUT2D eigenvalue weighted by Gasteiger charge is 2.32. The van der Waals surface area contributed by atoms with Crippen molar-refractivity contribution in [2.24, 2.45) is 0 Å². The highest BCUT2D eigenvalue weighted by Crippen LogP contribution is 2.25. The van der Waals surface area contributed by atoms with Crippen LogP contribution in [0, 0.1) is 0 Å². The molecule has 0 aromatic carbocycles. The SMILES string of the molecule is CCN(c1cncc(C(=O)N2CCN(C(C)=O)CC2)c1)C1CCS(=O)(=O)C1. The maximum absolute atomic E-state index is 12.8. The third-order valence-electron chi connectivity index (χ3n) is 5.30. The van der Waals surface area contributed by atoms with Crippen LogP contribution in [0.5, 0.6) is 0 Å². The molecule has 8 nitrogen and oxygen atoms in total. The van der Waals surface area contributed by atoms with Gasteiger partial charge in [0.25, 0.3) is 5.91 Å². The number of rotatable bonds is 4. The van der Waals surface area contributed by atoms with Gasteiger partial charge in [-0.1, -0.05) is 0 Å². The first kappa shape index (κ1) is 19.6. The summed E-state index contributed by atoms with van der Waals surface area (Å²) in [6.45, 7) is 6.23. The Morgan fingerprint density at radius 3 is 2.41 bits per heavy atom. The van der Waals surface area contributed by atoms with Gasteiger partial charge in [0.2, 0.25) is 5.91 Å². The Labute approximate surface area is 160 Å². The molecule has 3 heterocycles. The van der Waals surface area contributed by atoms with E-state index in [1.807, 2.05) is 11.8 Å².